The van der Waals surface area contributed by atoms with Gasteiger partial charge in [0.1, 0.15) is 17.2 Å². The van der Waals surface area contributed by atoms with Crippen molar-refractivity contribution in [3.05, 3.63) is 35.2 Å². The zero-order valence-electron chi connectivity index (χ0n) is 11.7. The Balaban J connectivity index is 2.32. The highest BCUT2D eigenvalue weighted by Crippen LogP contribution is 2.27. The van der Waals surface area contributed by atoms with Crippen molar-refractivity contribution in [2.75, 3.05) is 6.54 Å². The Kier molecular flexibility index (Phi) is 4.44. The first-order valence-corrected chi connectivity index (χ1v) is 6.56. The number of rotatable bonds is 5. The lowest BCUT2D eigenvalue weighted by Gasteiger charge is -2.07. The summed E-state index contributed by atoms with van der Waals surface area (Å²) >= 11 is 0. The topological polar surface area (TPSA) is 51.0 Å². The second-order valence-corrected chi connectivity index (χ2v) is 4.67. The second kappa shape index (κ2) is 6.09. The van der Waals surface area contributed by atoms with Crippen LogP contribution in [0.4, 0.5) is 8.78 Å². The number of hydrogen-bond donors (Lipinski definition) is 1. The van der Waals surface area contributed by atoms with E-state index in [9.17, 15) is 8.78 Å². The van der Waals surface area contributed by atoms with E-state index >= 15 is 0 Å². The van der Waals surface area contributed by atoms with Gasteiger partial charge in [0.25, 0.3) is 5.89 Å². The minimum Gasteiger partial charge on any atom is -0.419 e. The molecule has 0 aliphatic rings. The van der Waals surface area contributed by atoms with Crippen molar-refractivity contribution in [1.82, 2.24) is 15.5 Å². The summed E-state index contributed by atoms with van der Waals surface area (Å²) in [6, 6.07) is 2.40. The maximum atomic E-state index is 14.0. The molecule has 0 radical (unpaired) electrons. The molecule has 2 rings (SSSR count). The van der Waals surface area contributed by atoms with Crippen LogP contribution in [0.5, 0.6) is 0 Å². The molecule has 1 aromatic heterocycles. The summed E-state index contributed by atoms with van der Waals surface area (Å²) in [4.78, 5) is 0. The first kappa shape index (κ1) is 14.6. The van der Waals surface area contributed by atoms with Crippen molar-refractivity contribution < 1.29 is 13.2 Å². The van der Waals surface area contributed by atoms with Gasteiger partial charge in [-0.1, -0.05) is 13.0 Å². The summed E-state index contributed by atoms with van der Waals surface area (Å²) in [6.45, 7) is 6.25. The van der Waals surface area contributed by atoms with Crippen LogP contribution in [0.2, 0.25) is 0 Å². The van der Waals surface area contributed by atoms with Crippen molar-refractivity contribution in [3.63, 3.8) is 0 Å². The summed E-state index contributed by atoms with van der Waals surface area (Å²) in [7, 11) is 0. The third kappa shape index (κ3) is 2.85. The average Bonchev–Trinajstić information content (AvgIpc) is 2.90. The number of hydrogen-bond acceptors (Lipinski definition) is 4. The van der Waals surface area contributed by atoms with Crippen LogP contribution in [0.25, 0.3) is 11.5 Å². The molecular formula is C14H17F2N3O. The van der Waals surface area contributed by atoms with Gasteiger partial charge in [-0.2, -0.15) is 0 Å². The molecule has 0 saturated carbocycles. The molecule has 6 heteroatoms. The van der Waals surface area contributed by atoms with E-state index in [4.69, 9.17) is 4.42 Å². The van der Waals surface area contributed by atoms with Crippen molar-refractivity contribution in [2.45, 2.75) is 33.2 Å². The van der Waals surface area contributed by atoms with Gasteiger partial charge < -0.3 is 9.73 Å². The fourth-order valence-corrected chi connectivity index (χ4v) is 1.81. The molecule has 2 aromatic rings. The summed E-state index contributed by atoms with van der Waals surface area (Å²) in [5.74, 6) is -1.20. The fourth-order valence-electron chi connectivity index (χ4n) is 1.81. The van der Waals surface area contributed by atoms with Crippen molar-refractivity contribution in [1.29, 1.82) is 0 Å². The van der Waals surface area contributed by atoms with E-state index in [0.717, 1.165) is 13.0 Å². The van der Waals surface area contributed by atoms with E-state index in [1.807, 2.05) is 13.8 Å². The van der Waals surface area contributed by atoms with E-state index in [1.54, 1.807) is 6.92 Å². The molecule has 20 heavy (non-hydrogen) atoms. The quantitative estimate of drug-likeness (QED) is 0.912. The highest BCUT2D eigenvalue weighted by atomic mass is 19.1. The monoisotopic (exact) mass is 281 g/mol. The molecule has 1 heterocycles. The molecule has 1 N–H and O–H groups in total. The summed E-state index contributed by atoms with van der Waals surface area (Å²) in [5, 5.41) is 10.8. The standard InChI is InChI=1S/C14H17F2N3O/c1-4-7-17-9(3)13-18-19-14(20-13)11-10(15)6-5-8(2)12(11)16/h5-6,9,17H,4,7H2,1-3H3. The molecule has 1 aromatic carbocycles. The van der Waals surface area contributed by atoms with Crippen LogP contribution in [0.1, 0.15) is 37.8 Å². The Hall–Kier alpha value is -1.82. The van der Waals surface area contributed by atoms with Crippen molar-refractivity contribution in [3.8, 4) is 11.5 Å². The average molecular weight is 281 g/mol. The van der Waals surface area contributed by atoms with E-state index in [-0.39, 0.29) is 17.5 Å². The normalized spacial score (nSPS) is 12.7. The van der Waals surface area contributed by atoms with E-state index in [2.05, 4.69) is 15.5 Å². The van der Waals surface area contributed by atoms with Gasteiger partial charge in [-0.25, -0.2) is 8.78 Å². The Bertz CT molecular complexity index is 598. The number of benzene rings is 1. The molecule has 108 valence electrons. The number of aryl methyl sites for hydroxylation is 1. The number of nitrogens with one attached hydrogen (secondary N) is 1. The minimum absolute atomic E-state index is 0.135. The van der Waals surface area contributed by atoms with E-state index in [1.165, 1.54) is 12.1 Å². The van der Waals surface area contributed by atoms with Crippen LogP contribution < -0.4 is 5.32 Å². The molecule has 0 aliphatic carbocycles. The number of nitrogens with zero attached hydrogens (tertiary/aromatic N) is 2. The predicted molar refractivity (Wildman–Crippen MR) is 71.1 cm³/mol. The molecular weight excluding hydrogens is 264 g/mol. The van der Waals surface area contributed by atoms with Crippen LogP contribution in [0.3, 0.4) is 0 Å². The van der Waals surface area contributed by atoms with Gasteiger partial charge in [0.15, 0.2) is 0 Å². The Morgan fingerprint density at radius 3 is 2.75 bits per heavy atom. The predicted octanol–water partition coefficient (Wildman–Crippen LogP) is 3.38. The van der Waals surface area contributed by atoms with Gasteiger partial charge >= 0.3 is 0 Å². The molecule has 1 atom stereocenters. The highest BCUT2D eigenvalue weighted by molar-refractivity contribution is 5.56. The second-order valence-electron chi connectivity index (χ2n) is 4.67. The lowest BCUT2D eigenvalue weighted by atomic mass is 10.1. The lowest BCUT2D eigenvalue weighted by Crippen LogP contribution is -2.19. The van der Waals surface area contributed by atoms with E-state index in [0.29, 0.717) is 11.5 Å². The zero-order valence-corrected chi connectivity index (χ0v) is 11.7. The van der Waals surface area contributed by atoms with Crippen LogP contribution in [-0.2, 0) is 0 Å². The molecule has 1 unspecified atom stereocenters. The molecule has 0 bridgehead atoms. The lowest BCUT2D eigenvalue weighted by molar-refractivity contribution is 0.420. The fraction of sp³-hybridized carbons (Fsp3) is 0.429. The molecule has 4 nitrogen and oxygen atoms in total. The zero-order chi connectivity index (χ0) is 14.7. The van der Waals surface area contributed by atoms with Crippen LogP contribution in [0.15, 0.2) is 16.5 Å². The van der Waals surface area contributed by atoms with Crippen LogP contribution in [-0.4, -0.2) is 16.7 Å². The number of halogens is 2. The molecule has 0 aliphatic heterocycles. The highest BCUT2D eigenvalue weighted by Gasteiger charge is 2.21. The molecule has 0 spiro atoms. The molecule has 0 amide bonds. The van der Waals surface area contributed by atoms with Gasteiger partial charge in [-0.15, -0.1) is 10.2 Å². The van der Waals surface area contributed by atoms with Gasteiger partial charge in [-0.3, -0.25) is 0 Å². The van der Waals surface area contributed by atoms with Crippen molar-refractivity contribution in [2.24, 2.45) is 0 Å². The smallest absolute Gasteiger partial charge is 0.253 e. The SMILES string of the molecule is CCCNC(C)c1nnc(-c2c(F)ccc(C)c2F)o1. The molecule has 0 saturated heterocycles. The minimum atomic E-state index is -0.711. The van der Waals surface area contributed by atoms with Gasteiger partial charge in [0.05, 0.1) is 6.04 Å². The maximum Gasteiger partial charge on any atom is 0.253 e. The van der Waals surface area contributed by atoms with Crippen LogP contribution >= 0.6 is 0 Å². The van der Waals surface area contributed by atoms with Gasteiger partial charge in [0, 0.05) is 0 Å². The van der Waals surface area contributed by atoms with Crippen molar-refractivity contribution >= 4 is 0 Å². The Morgan fingerprint density at radius 1 is 1.30 bits per heavy atom. The third-order valence-electron chi connectivity index (χ3n) is 3.01. The summed E-state index contributed by atoms with van der Waals surface area (Å²) in [6.07, 6.45) is 0.965. The van der Waals surface area contributed by atoms with Crippen LogP contribution in [0, 0.1) is 18.6 Å². The van der Waals surface area contributed by atoms with Gasteiger partial charge in [-0.05, 0) is 38.4 Å². The first-order valence-electron chi connectivity index (χ1n) is 6.56. The maximum absolute atomic E-state index is 14.0. The molecule has 0 fully saturated rings. The Morgan fingerprint density at radius 2 is 2.05 bits per heavy atom. The van der Waals surface area contributed by atoms with Gasteiger partial charge in [0.2, 0.25) is 5.89 Å². The largest absolute Gasteiger partial charge is 0.419 e. The number of aromatic nitrogens is 2. The Labute approximate surface area is 116 Å². The first-order chi connectivity index (χ1) is 9.54. The summed E-state index contributed by atoms with van der Waals surface area (Å²) in [5.41, 5.74) is 0.0600. The van der Waals surface area contributed by atoms with E-state index < -0.39 is 11.6 Å². The summed E-state index contributed by atoms with van der Waals surface area (Å²) < 4.78 is 33.1. The third-order valence-corrected chi connectivity index (χ3v) is 3.01.